The number of hydrogen-bond donors (Lipinski definition) is 2. The fraction of sp³-hybridized carbons (Fsp3) is 0.600. The van der Waals surface area contributed by atoms with Crippen molar-refractivity contribution in [2.45, 2.75) is 6.42 Å². The van der Waals surface area contributed by atoms with Crippen LogP contribution in [0.25, 0.3) is 0 Å². The second-order valence-corrected chi connectivity index (χ2v) is 4.04. The van der Waals surface area contributed by atoms with Crippen molar-refractivity contribution in [2.24, 2.45) is 5.73 Å². The van der Waals surface area contributed by atoms with Crippen molar-refractivity contribution in [1.29, 1.82) is 0 Å². The van der Waals surface area contributed by atoms with Crippen molar-refractivity contribution in [3.8, 4) is 0 Å². The lowest BCUT2D eigenvalue weighted by Crippen LogP contribution is -2.47. The summed E-state index contributed by atoms with van der Waals surface area (Å²) in [4.78, 5) is 26.6. The van der Waals surface area contributed by atoms with Crippen LogP contribution in [0.15, 0.2) is 11.4 Å². The van der Waals surface area contributed by atoms with Gasteiger partial charge in [0, 0.05) is 33.2 Å². The van der Waals surface area contributed by atoms with Gasteiger partial charge in [0.1, 0.15) is 5.82 Å². The summed E-state index contributed by atoms with van der Waals surface area (Å²) < 4.78 is 0. The van der Waals surface area contributed by atoms with Crippen LogP contribution < -0.4 is 11.1 Å². The average molecular weight is 224 g/mol. The normalized spacial score (nSPS) is 21.9. The van der Waals surface area contributed by atoms with Gasteiger partial charge in [-0.15, -0.1) is 0 Å². The maximum atomic E-state index is 12.1. The van der Waals surface area contributed by atoms with Gasteiger partial charge in [-0.05, 0) is 0 Å². The Labute approximate surface area is 94.1 Å². The summed E-state index contributed by atoms with van der Waals surface area (Å²) in [5.41, 5.74) is 6.18. The molecule has 0 radical (unpaired) electrons. The van der Waals surface area contributed by atoms with Gasteiger partial charge in [0.2, 0.25) is 5.91 Å². The maximum Gasteiger partial charge on any atom is 0.254 e. The lowest BCUT2D eigenvalue weighted by atomic mass is 10.2. The first-order valence-corrected chi connectivity index (χ1v) is 5.36. The Hall–Kier alpha value is -1.56. The number of amides is 2. The summed E-state index contributed by atoms with van der Waals surface area (Å²) in [5, 5.41) is 3.17. The summed E-state index contributed by atoms with van der Waals surface area (Å²) in [6, 6.07) is 0. The fourth-order valence-corrected chi connectivity index (χ4v) is 1.94. The van der Waals surface area contributed by atoms with Crippen molar-refractivity contribution in [3.05, 3.63) is 11.4 Å². The number of nitrogens with one attached hydrogen (secondary N) is 1. The first kappa shape index (κ1) is 10.9. The lowest BCUT2D eigenvalue weighted by molar-refractivity contribution is -0.129. The molecule has 0 saturated carbocycles. The Morgan fingerprint density at radius 3 is 2.50 bits per heavy atom. The molecule has 0 unspecified atom stereocenters. The third-order valence-electron chi connectivity index (χ3n) is 3.04. The van der Waals surface area contributed by atoms with E-state index in [1.165, 1.54) is 4.90 Å². The van der Waals surface area contributed by atoms with E-state index >= 15 is 0 Å². The monoisotopic (exact) mass is 224 g/mol. The first-order chi connectivity index (χ1) is 7.61. The summed E-state index contributed by atoms with van der Waals surface area (Å²) >= 11 is 0. The molecule has 6 heteroatoms. The maximum absolute atomic E-state index is 12.1. The number of carbonyl (C=O) groups is 2. The van der Waals surface area contributed by atoms with Crippen LogP contribution in [-0.4, -0.2) is 54.8 Å². The highest BCUT2D eigenvalue weighted by Crippen LogP contribution is 2.20. The molecule has 1 fully saturated rings. The molecule has 0 aromatic heterocycles. The van der Waals surface area contributed by atoms with Crippen LogP contribution in [-0.2, 0) is 9.59 Å². The molecule has 0 spiro atoms. The summed E-state index contributed by atoms with van der Waals surface area (Å²) in [7, 11) is 1.59. The van der Waals surface area contributed by atoms with E-state index in [1.807, 2.05) is 0 Å². The van der Waals surface area contributed by atoms with E-state index in [0.29, 0.717) is 24.5 Å². The largest absolute Gasteiger partial charge is 0.385 e. The highest BCUT2D eigenvalue weighted by Gasteiger charge is 2.32. The minimum absolute atomic E-state index is 0.100. The van der Waals surface area contributed by atoms with Crippen molar-refractivity contribution in [1.82, 2.24) is 15.1 Å². The second-order valence-electron chi connectivity index (χ2n) is 4.04. The molecule has 0 atom stereocenters. The molecule has 1 saturated heterocycles. The van der Waals surface area contributed by atoms with Gasteiger partial charge in [0.05, 0.1) is 12.0 Å². The van der Waals surface area contributed by atoms with Crippen molar-refractivity contribution in [3.63, 3.8) is 0 Å². The summed E-state index contributed by atoms with van der Waals surface area (Å²) in [6.07, 6.45) is 0.130. The first-order valence-electron chi connectivity index (χ1n) is 5.36. The molecule has 2 heterocycles. The Morgan fingerprint density at radius 2 is 2.00 bits per heavy atom. The molecule has 2 rings (SSSR count). The number of nitrogens with two attached hydrogens (primary N) is 1. The van der Waals surface area contributed by atoms with Crippen LogP contribution in [0.4, 0.5) is 0 Å². The lowest BCUT2D eigenvalue weighted by Gasteiger charge is -2.27. The van der Waals surface area contributed by atoms with Crippen molar-refractivity contribution in [2.75, 3.05) is 33.2 Å². The fourth-order valence-electron chi connectivity index (χ4n) is 1.94. The molecule has 2 amide bonds. The Morgan fingerprint density at radius 1 is 1.38 bits per heavy atom. The van der Waals surface area contributed by atoms with Gasteiger partial charge < -0.3 is 20.9 Å². The Bertz CT molecular complexity index is 358. The molecule has 3 N–H and O–H groups in total. The molecule has 16 heavy (non-hydrogen) atoms. The van der Waals surface area contributed by atoms with E-state index in [0.717, 1.165) is 13.1 Å². The Kier molecular flexibility index (Phi) is 2.82. The molecular formula is C10H16N4O2. The molecule has 2 aliphatic heterocycles. The number of nitrogens with zero attached hydrogens (tertiary/aromatic N) is 2. The Balaban J connectivity index is 2.12. The van der Waals surface area contributed by atoms with Gasteiger partial charge in [-0.2, -0.15) is 0 Å². The number of carbonyl (C=O) groups excluding carboxylic acids is 2. The molecule has 2 aliphatic rings. The zero-order valence-electron chi connectivity index (χ0n) is 9.32. The highest BCUT2D eigenvalue weighted by atomic mass is 16.2. The smallest absolute Gasteiger partial charge is 0.254 e. The van der Waals surface area contributed by atoms with E-state index in [2.05, 4.69) is 5.32 Å². The third kappa shape index (κ3) is 1.76. The molecular weight excluding hydrogens is 208 g/mol. The van der Waals surface area contributed by atoms with Crippen molar-refractivity contribution < 1.29 is 9.59 Å². The van der Waals surface area contributed by atoms with Crippen LogP contribution >= 0.6 is 0 Å². The van der Waals surface area contributed by atoms with Gasteiger partial charge in [-0.3, -0.25) is 9.59 Å². The van der Waals surface area contributed by atoms with Gasteiger partial charge in [-0.25, -0.2) is 0 Å². The second kappa shape index (κ2) is 4.13. The topological polar surface area (TPSA) is 78.7 Å². The summed E-state index contributed by atoms with van der Waals surface area (Å²) in [5.74, 6) is 0.0845. The zero-order valence-corrected chi connectivity index (χ0v) is 9.32. The SMILES string of the molecule is CN1C(=O)CC(C(=O)N2CCNCC2)=C1N. The van der Waals surface area contributed by atoms with E-state index < -0.39 is 0 Å². The number of hydrogen-bond acceptors (Lipinski definition) is 4. The minimum atomic E-state index is -0.115. The molecule has 0 aliphatic carbocycles. The van der Waals surface area contributed by atoms with E-state index in [9.17, 15) is 9.59 Å². The predicted octanol–water partition coefficient (Wildman–Crippen LogP) is -1.55. The van der Waals surface area contributed by atoms with Gasteiger partial charge in [0.15, 0.2) is 0 Å². The minimum Gasteiger partial charge on any atom is -0.385 e. The van der Waals surface area contributed by atoms with Gasteiger partial charge in [0.25, 0.3) is 5.91 Å². The van der Waals surface area contributed by atoms with Crippen LogP contribution in [0, 0.1) is 0 Å². The standard InChI is InChI=1S/C10H16N4O2/c1-13-8(15)6-7(9(13)11)10(16)14-4-2-12-3-5-14/h12H,2-6,11H2,1H3. The van der Waals surface area contributed by atoms with E-state index in [-0.39, 0.29) is 18.2 Å². The molecule has 0 bridgehead atoms. The third-order valence-corrected chi connectivity index (χ3v) is 3.04. The molecule has 6 nitrogen and oxygen atoms in total. The molecule has 88 valence electrons. The van der Waals surface area contributed by atoms with Crippen LogP contribution in [0.1, 0.15) is 6.42 Å². The van der Waals surface area contributed by atoms with E-state index in [1.54, 1.807) is 11.9 Å². The van der Waals surface area contributed by atoms with Gasteiger partial charge >= 0.3 is 0 Å². The quantitative estimate of drug-likeness (QED) is 0.565. The zero-order chi connectivity index (χ0) is 11.7. The van der Waals surface area contributed by atoms with E-state index in [4.69, 9.17) is 5.73 Å². The predicted molar refractivity (Wildman–Crippen MR) is 58.1 cm³/mol. The summed E-state index contributed by atoms with van der Waals surface area (Å²) in [6.45, 7) is 2.94. The van der Waals surface area contributed by atoms with Gasteiger partial charge in [-0.1, -0.05) is 0 Å². The average Bonchev–Trinajstić information content (AvgIpc) is 2.57. The highest BCUT2D eigenvalue weighted by molar-refractivity contribution is 6.02. The van der Waals surface area contributed by atoms with Crippen LogP contribution in [0.3, 0.4) is 0 Å². The number of rotatable bonds is 1. The van der Waals surface area contributed by atoms with Crippen molar-refractivity contribution >= 4 is 11.8 Å². The molecule has 0 aromatic rings. The van der Waals surface area contributed by atoms with Crippen LogP contribution in [0.2, 0.25) is 0 Å². The van der Waals surface area contributed by atoms with Crippen LogP contribution in [0.5, 0.6) is 0 Å². The molecule has 0 aromatic carbocycles. The number of piperazine rings is 1.